The predicted octanol–water partition coefficient (Wildman–Crippen LogP) is 2.65. The highest BCUT2D eigenvalue weighted by molar-refractivity contribution is 6.04. The number of fused-ring (bicyclic) bond motifs is 1. The number of benzene rings is 1. The van der Waals surface area contributed by atoms with Crippen molar-refractivity contribution in [1.29, 1.82) is 0 Å². The third-order valence-electron chi connectivity index (χ3n) is 6.00. The summed E-state index contributed by atoms with van der Waals surface area (Å²) in [6.45, 7) is 1.91. The molecule has 160 valence electrons. The van der Waals surface area contributed by atoms with Crippen LogP contribution >= 0.6 is 0 Å². The van der Waals surface area contributed by atoms with Crippen LogP contribution in [0.4, 0.5) is 5.69 Å². The maximum Gasteiger partial charge on any atom is 0.265 e. The van der Waals surface area contributed by atoms with Gasteiger partial charge in [-0.1, -0.05) is 11.6 Å². The van der Waals surface area contributed by atoms with Crippen molar-refractivity contribution in [3.8, 4) is 5.75 Å². The van der Waals surface area contributed by atoms with Crippen LogP contribution in [0.5, 0.6) is 5.75 Å². The Morgan fingerprint density at radius 3 is 2.70 bits per heavy atom. The molecule has 0 radical (unpaired) electrons. The summed E-state index contributed by atoms with van der Waals surface area (Å²) in [5.74, 6) is -0.00601. The van der Waals surface area contributed by atoms with Crippen LogP contribution in [-0.2, 0) is 9.59 Å². The summed E-state index contributed by atoms with van der Waals surface area (Å²) in [6.07, 6.45) is 9.86. The van der Waals surface area contributed by atoms with Crippen molar-refractivity contribution in [2.75, 3.05) is 37.7 Å². The average Bonchev–Trinajstić information content (AvgIpc) is 3.31. The zero-order valence-corrected chi connectivity index (χ0v) is 17.3. The minimum atomic E-state index is -0.279. The van der Waals surface area contributed by atoms with Crippen molar-refractivity contribution in [1.82, 2.24) is 10.2 Å². The molecule has 1 fully saturated rings. The molecule has 7 nitrogen and oxygen atoms in total. The number of anilines is 1. The van der Waals surface area contributed by atoms with Crippen LogP contribution in [0.25, 0.3) is 0 Å². The van der Waals surface area contributed by atoms with E-state index in [1.165, 1.54) is 23.3 Å². The van der Waals surface area contributed by atoms with Gasteiger partial charge in [-0.15, -0.1) is 0 Å². The van der Waals surface area contributed by atoms with E-state index < -0.39 is 0 Å². The van der Waals surface area contributed by atoms with Gasteiger partial charge in [-0.05, 0) is 63.1 Å². The van der Waals surface area contributed by atoms with E-state index in [0.29, 0.717) is 23.5 Å². The highest BCUT2D eigenvalue weighted by Crippen LogP contribution is 2.33. The third-order valence-corrected chi connectivity index (χ3v) is 6.00. The Kier molecular flexibility index (Phi) is 6.35. The van der Waals surface area contributed by atoms with Gasteiger partial charge in [0.2, 0.25) is 5.91 Å². The van der Waals surface area contributed by atoms with E-state index in [4.69, 9.17) is 4.74 Å². The summed E-state index contributed by atoms with van der Waals surface area (Å²) in [4.78, 5) is 40.9. The van der Waals surface area contributed by atoms with Crippen LogP contribution < -0.4 is 15.0 Å². The molecule has 0 unspecified atom stereocenters. The molecule has 2 aliphatic heterocycles. The van der Waals surface area contributed by atoms with E-state index in [-0.39, 0.29) is 30.9 Å². The van der Waals surface area contributed by atoms with Crippen molar-refractivity contribution in [2.45, 2.75) is 44.9 Å². The molecule has 30 heavy (non-hydrogen) atoms. The molecule has 3 aliphatic rings. The highest BCUT2D eigenvalue weighted by atomic mass is 16.5. The summed E-state index contributed by atoms with van der Waals surface area (Å²) in [5.41, 5.74) is 2.41. The van der Waals surface area contributed by atoms with Gasteiger partial charge in [-0.25, -0.2) is 0 Å². The molecule has 1 aromatic rings. The van der Waals surface area contributed by atoms with Gasteiger partial charge >= 0.3 is 0 Å². The Morgan fingerprint density at radius 1 is 1.10 bits per heavy atom. The number of hydrogen-bond acceptors (Lipinski definition) is 4. The van der Waals surface area contributed by atoms with Crippen molar-refractivity contribution >= 4 is 23.4 Å². The first-order valence-corrected chi connectivity index (χ1v) is 10.9. The number of nitrogens with zero attached hydrogens (tertiary/aromatic N) is 2. The molecule has 4 rings (SSSR count). The molecule has 0 atom stereocenters. The van der Waals surface area contributed by atoms with Gasteiger partial charge in [-0.3, -0.25) is 19.3 Å². The minimum absolute atomic E-state index is 0.0431. The zero-order valence-electron chi connectivity index (χ0n) is 17.3. The molecule has 0 bridgehead atoms. The van der Waals surface area contributed by atoms with Gasteiger partial charge in [0.15, 0.2) is 6.61 Å². The van der Waals surface area contributed by atoms with Gasteiger partial charge in [0.25, 0.3) is 11.8 Å². The van der Waals surface area contributed by atoms with E-state index in [0.717, 1.165) is 45.2 Å². The maximum absolute atomic E-state index is 12.7. The van der Waals surface area contributed by atoms with Crippen molar-refractivity contribution in [3.63, 3.8) is 0 Å². The summed E-state index contributed by atoms with van der Waals surface area (Å²) in [7, 11) is 0. The van der Waals surface area contributed by atoms with E-state index in [1.54, 1.807) is 18.2 Å². The fraction of sp³-hybridized carbons (Fsp3) is 0.522. The fourth-order valence-electron chi connectivity index (χ4n) is 4.30. The average molecular weight is 412 g/mol. The molecule has 1 aromatic carbocycles. The number of allylic oxidation sites excluding steroid dienone is 1. The lowest BCUT2D eigenvalue weighted by Gasteiger charge is -2.29. The van der Waals surface area contributed by atoms with Gasteiger partial charge in [-0.2, -0.15) is 0 Å². The van der Waals surface area contributed by atoms with Gasteiger partial charge in [0, 0.05) is 25.2 Å². The molecular formula is C23H29N3O4. The lowest BCUT2D eigenvalue weighted by atomic mass is 9.97. The Labute approximate surface area is 177 Å². The number of likely N-dealkylation sites (tertiary alicyclic amines) is 1. The van der Waals surface area contributed by atoms with E-state index in [2.05, 4.69) is 11.4 Å². The maximum atomic E-state index is 12.7. The lowest BCUT2D eigenvalue weighted by Crippen LogP contribution is -2.45. The van der Waals surface area contributed by atoms with E-state index in [1.807, 2.05) is 4.90 Å². The third kappa shape index (κ3) is 4.66. The molecule has 2 heterocycles. The van der Waals surface area contributed by atoms with Crippen molar-refractivity contribution < 1.29 is 19.1 Å². The molecule has 0 aromatic heterocycles. The quantitative estimate of drug-likeness (QED) is 0.730. The second-order valence-corrected chi connectivity index (χ2v) is 8.16. The smallest absolute Gasteiger partial charge is 0.265 e. The molecule has 1 saturated heterocycles. The molecule has 3 amide bonds. The van der Waals surface area contributed by atoms with Gasteiger partial charge < -0.3 is 15.0 Å². The number of nitrogens with one attached hydrogen (secondary N) is 1. The Morgan fingerprint density at radius 2 is 1.93 bits per heavy atom. The number of carbonyl (C=O) groups is 3. The van der Waals surface area contributed by atoms with Crippen LogP contribution in [-0.4, -0.2) is 55.4 Å². The standard InChI is InChI=1S/C23H29N3O4/c27-21(24-11-10-17-6-2-1-3-7-17)15-26-19-14-18(23(29)25-12-4-5-13-25)8-9-20(19)30-16-22(26)28/h6,8-9,14H,1-5,7,10-13,15-16H2,(H,24,27). The number of carbonyl (C=O) groups excluding carboxylic acids is 3. The topological polar surface area (TPSA) is 79.0 Å². The second-order valence-electron chi connectivity index (χ2n) is 8.16. The van der Waals surface area contributed by atoms with Crippen LogP contribution in [0.2, 0.25) is 0 Å². The van der Waals surface area contributed by atoms with Crippen LogP contribution in [0.15, 0.2) is 29.8 Å². The Balaban J connectivity index is 1.41. The number of rotatable bonds is 6. The molecule has 1 aliphatic carbocycles. The number of hydrogen-bond donors (Lipinski definition) is 1. The monoisotopic (exact) mass is 411 g/mol. The van der Waals surface area contributed by atoms with Crippen LogP contribution in [0, 0.1) is 0 Å². The summed E-state index contributed by atoms with van der Waals surface area (Å²) in [5, 5.41) is 2.92. The number of ether oxygens (including phenoxy) is 1. The fourth-order valence-corrected chi connectivity index (χ4v) is 4.30. The van der Waals surface area contributed by atoms with Gasteiger partial charge in [0.05, 0.1) is 5.69 Å². The van der Waals surface area contributed by atoms with Crippen LogP contribution in [0.1, 0.15) is 55.3 Å². The molecule has 0 saturated carbocycles. The van der Waals surface area contributed by atoms with Crippen LogP contribution in [0.3, 0.4) is 0 Å². The predicted molar refractivity (Wildman–Crippen MR) is 114 cm³/mol. The lowest BCUT2D eigenvalue weighted by molar-refractivity contribution is -0.125. The van der Waals surface area contributed by atoms with E-state index >= 15 is 0 Å². The largest absolute Gasteiger partial charge is 0.482 e. The second kappa shape index (κ2) is 9.32. The molecular weight excluding hydrogens is 382 g/mol. The Bertz CT molecular complexity index is 858. The Hall–Kier alpha value is -2.83. The number of amides is 3. The summed E-state index contributed by atoms with van der Waals surface area (Å²) < 4.78 is 5.51. The van der Waals surface area contributed by atoms with Gasteiger partial charge in [0.1, 0.15) is 12.3 Å². The first kappa shape index (κ1) is 20.4. The first-order valence-electron chi connectivity index (χ1n) is 10.9. The summed E-state index contributed by atoms with van der Waals surface area (Å²) in [6, 6.07) is 5.12. The normalized spacial score (nSPS) is 18.5. The zero-order chi connectivity index (χ0) is 20.9. The van der Waals surface area contributed by atoms with E-state index in [9.17, 15) is 14.4 Å². The SMILES string of the molecule is O=C(CN1C(=O)COc2ccc(C(=O)N3CCCC3)cc21)NCCC1=CCCCC1. The van der Waals surface area contributed by atoms with Crippen molar-refractivity contribution in [2.24, 2.45) is 0 Å². The van der Waals surface area contributed by atoms with Crippen molar-refractivity contribution in [3.05, 3.63) is 35.4 Å². The molecule has 0 spiro atoms. The minimum Gasteiger partial charge on any atom is -0.482 e. The molecule has 7 heteroatoms. The summed E-state index contributed by atoms with van der Waals surface area (Å²) >= 11 is 0. The highest BCUT2D eigenvalue weighted by Gasteiger charge is 2.29. The molecule has 1 N–H and O–H groups in total. The first-order chi connectivity index (χ1) is 14.6.